The van der Waals surface area contributed by atoms with Crippen LogP contribution in [-0.4, -0.2) is 47.4 Å². The van der Waals surface area contributed by atoms with Crippen LogP contribution in [0.2, 0.25) is 0 Å². The van der Waals surface area contributed by atoms with Crippen LogP contribution in [0.15, 0.2) is 0 Å². The number of methoxy groups -OCH3 is 1. The summed E-state index contributed by atoms with van der Waals surface area (Å²) in [5.41, 5.74) is 0. The predicted molar refractivity (Wildman–Crippen MR) is 79.3 cm³/mol. The van der Waals surface area contributed by atoms with Crippen LogP contribution < -0.4 is 15.4 Å². The minimum Gasteiger partial charge on any atom is -0.461 e. The van der Waals surface area contributed by atoms with Gasteiger partial charge in [-0.3, -0.25) is 0 Å². The van der Waals surface area contributed by atoms with Crippen molar-refractivity contribution >= 4 is 11.9 Å². The van der Waals surface area contributed by atoms with Crippen molar-refractivity contribution in [3.05, 3.63) is 0 Å². The third kappa shape index (κ3) is 6.01. The number of nitrogens with one attached hydrogen (secondary N) is 2. The number of rotatable bonds is 9. The minimum atomic E-state index is 0.0159. The zero-order valence-electron chi connectivity index (χ0n) is 12.9. The summed E-state index contributed by atoms with van der Waals surface area (Å²) in [5.74, 6) is 1.00. The predicted octanol–water partition coefficient (Wildman–Crippen LogP) is 1.93. The van der Waals surface area contributed by atoms with Gasteiger partial charge in [0.25, 0.3) is 0 Å². The number of aromatic nitrogens is 3. The molecule has 0 spiro atoms. The van der Waals surface area contributed by atoms with Gasteiger partial charge in [0, 0.05) is 20.2 Å². The second kappa shape index (κ2) is 8.52. The van der Waals surface area contributed by atoms with Crippen molar-refractivity contribution in [1.29, 1.82) is 0 Å². The van der Waals surface area contributed by atoms with Gasteiger partial charge in [0.1, 0.15) is 0 Å². The highest BCUT2D eigenvalue weighted by molar-refractivity contribution is 5.35. The second-order valence-corrected chi connectivity index (χ2v) is 4.79. The molecule has 0 fully saturated rings. The molecule has 1 rings (SSSR count). The van der Waals surface area contributed by atoms with E-state index in [4.69, 9.17) is 9.47 Å². The molecule has 0 aliphatic rings. The Labute approximate surface area is 120 Å². The summed E-state index contributed by atoms with van der Waals surface area (Å²) in [7, 11) is 1.67. The molecule has 1 heterocycles. The van der Waals surface area contributed by atoms with Crippen molar-refractivity contribution < 1.29 is 9.47 Å². The highest BCUT2D eigenvalue weighted by atomic mass is 16.5. The second-order valence-electron chi connectivity index (χ2n) is 4.79. The first-order valence-corrected chi connectivity index (χ1v) is 6.98. The Kier molecular flexibility index (Phi) is 7.00. The highest BCUT2D eigenvalue weighted by Crippen LogP contribution is 2.12. The average Bonchev–Trinajstić information content (AvgIpc) is 2.41. The maximum absolute atomic E-state index is 5.54. The van der Waals surface area contributed by atoms with Crippen molar-refractivity contribution in [2.75, 3.05) is 30.8 Å². The molecule has 0 radical (unpaired) electrons. The molecule has 0 aliphatic heterocycles. The molecule has 1 atom stereocenters. The zero-order chi connectivity index (χ0) is 15.0. The van der Waals surface area contributed by atoms with E-state index in [0.29, 0.717) is 24.5 Å². The molecular formula is C13H25N5O2. The van der Waals surface area contributed by atoms with E-state index in [9.17, 15) is 0 Å². The van der Waals surface area contributed by atoms with Crippen LogP contribution in [0.25, 0.3) is 0 Å². The van der Waals surface area contributed by atoms with Gasteiger partial charge in [-0.1, -0.05) is 6.92 Å². The molecule has 1 unspecified atom stereocenters. The Morgan fingerprint density at radius 3 is 2.25 bits per heavy atom. The van der Waals surface area contributed by atoms with Gasteiger partial charge in [-0.2, -0.15) is 15.0 Å². The van der Waals surface area contributed by atoms with Crippen molar-refractivity contribution in [2.45, 2.75) is 46.3 Å². The van der Waals surface area contributed by atoms with Gasteiger partial charge in [0.15, 0.2) is 0 Å². The van der Waals surface area contributed by atoms with Gasteiger partial charge < -0.3 is 20.1 Å². The fourth-order valence-corrected chi connectivity index (χ4v) is 1.33. The number of hydrogen-bond donors (Lipinski definition) is 2. The number of nitrogens with zero attached hydrogens (tertiary/aromatic N) is 3. The molecular weight excluding hydrogens is 258 g/mol. The lowest BCUT2D eigenvalue weighted by atomic mass is 10.4. The fraction of sp³-hybridized carbons (Fsp3) is 0.769. The van der Waals surface area contributed by atoms with E-state index in [1.54, 1.807) is 7.11 Å². The molecule has 0 amide bonds. The van der Waals surface area contributed by atoms with E-state index in [1.165, 1.54) is 0 Å². The summed E-state index contributed by atoms with van der Waals surface area (Å²) < 4.78 is 10.7. The normalized spacial score (nSPS) is 12.3. The van der Waals surface area contributed by atoms with E-state index in [-0.39, 0.29) is 12.2 Å². The summed E-state index contributed by atoms with van der Waals surface area (Å²) in [6.07, 6.45) is 1.09. The molecule has 0 bridgehead atoms. The maximum atomic E-state index is 5.54. The topological polar surface area (TPSA) is 81.2 Å². The van der Waals surface area contributed by atoms with Gasteiger partial charge in [0.2, 0.25) is 11.9 Å². The van der Waals surface area contributed by atoms with Gasteiger partial charge >= 0.3 is 6.01 Å². The van der Waals surface area contributed by atoms with E-state index in [2.05, 4.69) is 32.5 Å². The van der Waals surface area contributed by atoms with Gasteiger partial charge in [-0.05, 0) is 27.2 Å². The Morgan fingerprint density at radius 1 is 1.05 bits per heavy atom. The summed E-state index contributed by atoms with van der Waals surface area (Å²) >= 11 is 0. The van der Waals surface area contributed by atoms with Gasteiger partial charge in [0.05, 0.1) is 12.2 Å². The number of ether oxygens (including phenoxy) is 2. The molecule has 0 aliphatic carbocycles. The Balaban J connectivity index is 2.79. The minimum absolute atomic E-state index is 0.0159. The standard InChI is InChI=1S/C13H25N5O2/c1-6-7-14-11-16-12(15-8-10(4)19-5)18-13(17-11)20-9(2)3/h9-10H,6-8H2,1-5H3,(H2,14,15,16,17,18). The fourth-order valence-electron chi connectivity index (χ4n) is 1.33. The monoisotopic (exact) mass is 283 g/mol. The van der Waals surface area contributed by atoms with Crippen molar-refractivity contribution in [2.24, 2.45) is 0 Å². The molecule has 114 valence electrons. The Morgan fingerprint density at radius 2 is 1.70 bits per heavy atom. The van der Waals surface area contributed by atoms with E-state index < -0.39 is 0 Å². The average molecular weight is 283 g/mol. The molecule has 7 heteroatoms. The van der Waals surface area contributed by atoms with E-state index in [0.717, 1.165) is 13.0 Å². The lowest BCUT2D eigenvalue weighted by Gasteiger charge is -2.13. The third-order valence-electron chi connectivity index (χ3n) is 2.44. The summed E-state index contributed by atoms with van der Waals surface area (Å²) in [6, 6.07) is 0.321. The van der Waals surface area contributed by atoms with Crippen molar-refractivity contribution in [3.63, 3.8) is 0 Å². The van der Waals surface area contributed by atoms with E-state index >= 15 is 0 Å². The molecule has 0 saturated carbocycles. The van der Waals surface area contributed by atoms with Crippen LogP contribution in [0.5, 0.6) is 6.01 Å². The quantitative estimate of drug-likeness (QED) is 0.716. The van der Waals surface area contributed by atoms with Crippen LogP contribution in [0.1, 0.15) is 34.1 Å². The molecule has 20 heavy (non-hydrogen) atoms. The number of anilines is 2. The Bertz CT molecular complexity index is 400. The van der Waals surface area contributed by atoms with Crippen molar-refractivity contribution in [1.82, 2.24) is 15.0 Å². The lowest BCUT2D eigenvalue weighted by molar-refractivity contribution is 0.128. The molecule has 2 N–H and O–H groups in total. The van der Waals surface area contributed by atoms with Crippen LogP contribution in [-0.2, 0) is 4.74 Å². The molecule has 1 aromatic heterocycles. The number of hydrogen-bond acceptors (Lipinski definition) is 7. The first-order valence-electron chi connectivity index (χ1n) is 6.98. The summed E-state index contributed by atoms with van der Waals surface area (Å²) in [6.45, 7) is 9.34. The molecule has 0 saturated heterocycles. The van der Waals surface area contributed by atoms with E-state index in [1.807, 2.05) is 20.8 Å². The first-order chi connectivity index (χ1) is 9.55. The molecule has 1 aromatic rings. The van der Waals surface area contributed by atoms with Crippen molar-refractivity contribution in [3.8, 4) is 6.01 Å². The van der Waals surface area contributed by atoms with Gasteiger partial charge in [-0.15, -0.1) is 0 Å². The van der Waals surface area contributed by atoms with Crippen LogP contribution >= 0.6 is 0 Å². The Hall–Kier alpha value is -1.63. The highest BCUT2D eigenvalue weighted by Gasteiger charge is 2.09. The van der Waals surface area contributed by atoms with Crippen LogP contribution in [0.3, 0.4) is 0 Å². The summed E-state index contributed by atoms with van der Waals surface area (Å²) in [4.78, 5) is 12.8. The van der Waals surface area contributed by atoms with Crippen LogP contribution in [0, 0.1) is 0 Å². The lowest BCUT2D eigenvalue weighted by Crippen LogP contribution is -2.20. The van der Waals surface area contributed by atoms with Gasteiger partial charge in [-0.25, -0.2) is 0 Å². The largest absolute Gasteiger partial charge is 0.461 e. The molecule has 7 nitrogen and oxygen atoms in total. The summed E-state index contributed by atoms with van der Waals surface area (Å²) in [5, 5.41) is 6.26. The smallest absolute Gasteiger partial charge is 0.323 e. The first kappa shape index (κ1) is 16.4. The van der Waals surface area contributed by atoms with Crippen LogP contribution in [0.4, 0.5) is 11.9 Å². The molecule has 0 aromatic carbocycles. The maximum Gasteiger partial charge on any atom is 0.323 e. The zero-order valence-corrected chi connectivity index (χ0v) is 12.9. The SMILES string of the molecule is CCCNc1nc(NCC(C)OC)nc(OC(C)C)n1. The third-order valence-corrected chi connectivity index (χ3v) is 2.44.